The Morgan fingerprint density at radius 1 is 1.47 bits per heavy atom. The van der Waals surface area contributed by atoms with Gasteiger partial charge in [0.2, 0.25) is 0 Å². The predicted octanol–water partition coefficient (Wildman–Crippen LogP) is 3.00. The zero-order chi connectivity index (χ0) is 13.1. The van der Waals surface area contributed by atoms with Crippen molar-refractivity contribution in [1.82, 2.24) is 4.90 Å². The number of carboxylic acid groups (broad SMARTS) is 1. The van der Waals surface area contributed by atoms with Crippen molar-refractivity contribution in [2.45, 2.75) is 53.4 Å². The summed E-state index contributed by atoms with van der Waals surface area (Å²) in [5.41, 5.74) is -0.244. The van der Waals surface area contributed by atoms with Crippen molar-refractivity contribution < 1.29 is 9.90 Å². The molecule has 1 aliphatic heterocycles. The first-order valence-corrected chi connectivity index (χ1v) is 6.75. The number of likely N-dealkylation sites (tertiary alicyclic amines) is 1. The van der Waals surface area contributed by atoms with Gasteiger partial charge in [0.25, 0.3) is 0 Å². The molecule has 3 nitrogen and oxygen atoms in total. The van der Waals surface area contributed by atoms with E-state index in [4.69, 9.17) is 0 Å². The summed E-state index contributed by atoms with van der Waals surface area (Å²) in [5, 5.41) is 9.40. The fourth-order valence-corrected chi connectivity index (χ4v) is 2.98. The van der Waals surface area contributed by atoms with Crippen molar-refractivity contribution in [3.63, 3.8) is 0 Å². The Bertz CT molecular complexity index is 275. The number of hydrogen-bond acceptors (Lipinski definition) is 2. The smallest absolute Gasteiger partial charge is 0.310 e. The SMILES string of the molecule is CCCC(C)(CN1CCCC(C)(C)C1)C(=O)O. The summed E-state index contributed by atoms with van der Waals surface area (Å²) in [6, 6.07) is 0. The van der Waals surface area contributed by atoms with Crippen LogP contribution in [0.4, 0.5) is 0 Å². The third-order valence-corrected chi connectivity index (χ3v) is 3.87. The van der Waals surface area contributed by atoms with E-state index >= 15 is 0 Å². The lowest BCUT2D eigenvalue weighted by molar-refractivity contribution is -0.150. The van der Waals surface area contributed by atoms with Gasteiger partial charge in [-0.3, -0.25) is 4.79 Å². The molecule has 0 bridgehead atoms. The van der Waals surface area contributed by atoms with Gasteiger partial charge < -0.3 is 10.0 Å². The summed E-state index contributed by atoms with van der Waals surface area (Å²) in [6.07, 6.45) is 4.13. The van der Waals surface area contributed by atoms with Gasteiger partial charge in [-0.05, 0) is 38.1 Å². The minimum absolute atomic E-state index is 0.337. The van der Waals surface area contributed by atoms with Crippen LogP contribution in [0.5, 0.6) is 0 Å². The molecular formula is C14H27NO2. The van der Waals surface area contributed by atoms with Crippen LogP contribution in [-0.4, -0.2) is 35.6 Å². The van der Waals surface area contributed by atoms with E-state index in [1.54, 1.807) is 0 Å². The van der Waals surface area contributed by atoms with Gasteiger partial charge in [-0.2, -0.15) is 0 Å². The van der Waals surface area contributed by atoms with Gasteiger partial charge in [0.15, 0.2) is 0 Å². The number of carbonyl (C=O) groups is 1. The van der Waals surface area contributed by atoms with Crippen molar-refractivity contribution in [1.29, 1.82) is 0 Å². The first-order chi connectivity index (χ1) is 7.79. The highest BCUT2D eigenvalue weighted by atomic mass is 16.4. The van der Waals surface area contributed by atoms with E-state index in [0.717, 1.165) is 25.9 Å². The summed E-state index contributed by atoms with van der Waals surface area (Å²) in [4.78, 5) is 13.8. The van der Waals surface area contributed by atoms with Gasteiger partial charge in [0.05, 0.1) is 5.41 Å². The zero-order valence-electron chi connectivity index (χ0n) is 11.8. The van der Waals surface area contributed by atoms with Crippen molar-refractivity contribution in [2.75, 3.05) is 19.6 Å². The van der Waals surface area contributed by atoms with Crippen LogP contribution in [0.25, 0.3) is 0 Å². The molecule has 0 aliphatic carbocycles. The van der Waals surface area contributed by atoms with Gasteiger partial charge >= 0.3 is 5.97 Å². The summed E-state index contributed by atoms with van der Waals surface area (Å²) >= 11 is 0. The Kier molecular flexibility index (Phi) is 4.59. The van der Waals surface area contributed by atoms with Crippen molar-refractivity contribution in [3.8, 4) is 0 Å². The molecule has 0 spiro atoms. The van der Waals surface area contributed by atoms with E-state index in [0.29, 0.717) is 12.0 Å². The molecular weight excluding hydrogens is 214 g/mol. The average Bonchev–Trinajstić information content (AvgIpc) is 2.15. The Balaban J connectivity index is 2.64. The Morgan fingerprint density at radius 2 is 2.12 bits per heavy atom. The molecule has 17 heavy (non-hydrogen) atoms. The Labute approximate surface area is 105 Å². The van der Waals surface area contributed by atoms with Crippen molar-refractivity contribution >= 4 is 5.97 Å². The van der Waals surface area contributed by atoms with E-state index < -0.39 is 11.4 Å². The van der Waals surface area contributed by atoms with Crippen LogP contribution in [0, 0.1) is 10.8 Å². The number of piperidine rings is 1. The minimum atomic E-state index is -0.650. The van der Waals surface area contributed by atoms with Crippen LogP contribution in [0.3, 0.4) is 0 Å². The maximum atomic E-state index is 11.4. The fourth-order valence-electron chi connectivity index (χ4n) is 2.98. The van der Waals surface area contributed by atoms with Crippen molar-refractivity contribution in [3.05, 3.63) is 0 Å². The molecule has 3 heteroatoms. The lowest BCUT2D eigenvalue weighted by Crippen LogP contribution is -2.47. The molecule has 1 N–H and O–H groups in total. The molecule has 1 rings (SSSR count). The molecule has 1 aliphatic rings. The first kappa shape index (κ1) is 14.5. The van der Waals surface area contributed by atoms with E-state index in [1.807, 2.05) is 6.92 Å². The normalized spacial score (nSPS) is 24.2. The van der Waals surface area contributed by atoms with Crippen LogP contribution < -0.4 is 0 Å². The maximum Gasteiger partial charge on any atom is 0.310 e. The van der Waals surface area contributed by atoms with E-state index in [9.17, 15) is 9.90 Å². The first-order valence-electron chi connectivity index (χ1n) is 6.75. The van der Waals surface area contributed by atoms with Crippen LogP contribution in [-0.2, 0) is 4.79 Å². The van der Waals surface area contributed by atoms with Crippen molar-refractivity contribution in [2.24, 2.45) is 10.8 Å². The molecule has 0 aromatic heterocycles. The molecule has 1 saturated heterocycles. The van der Waals surface area contributed by atoms with E-state index in [-0.39, 0.29) is 0 Å². The minimum Gasteiger partial charge on any atom is -0.481 e. The molecule has 0 saturated carbocycles. The number of hydrogen-bond donors (Lipinski definition) is 1. The maximum absolute atomic E-state index is 11.4. The number of nitrogens with zero attached hydrogens (tertiary/aromatic N) is 1. The summed E-state index contributed by atoms with van der Waals surface area (Å²) < 4.78 is 0. The second-order valence-corrected chi connectivity index (χ2v) is 6.59. The third kappa shape index (κ3) is 3.98. The topological polar surface area (TPSA) is 40.5 Å². The van der Waals surface area contributed by atoms with Crippen LogP contribution >= 0.6 is 0 Å². The average molecular weight is 241 g/mol. The molecule has 0 aromatic carbocycles. The highest BCUT2D eigenvalue weighted by Gasteiger charge is 2.36. The number of aliphatic carboxylic acids is 1. The van der Waals surface area contributed by atoms with Gasteiger partial charge in [-0.1, -0.05) is 27.2 Å². The summed E-state index contributed by atoms with van der Waals surface area (Å²) in [7, 11) is 0. The van der Waals surface area contributed by atoms with Gasteiger partial charge in [0, 0.05) is 13.1 Å². The number of carboxylic acids is 1. The third-order valence-electron chi connectivity index (χ3n) is 3.87. The fraction of sp³-hybridized carbons (Fsp3) is 0.929. The van der Waals surface area contributed by atoms with E-state index in [2.05, 4.69) is 25.7 Å². The Morgan fingerprint density at radius 3 is 2.59 bits per heavy atom. The molecule has 0 radical (unpaired) electrons. The highest BCUT2D eigenvalue weighted by molar-refractivity contribution is 5.74. The number of rotatable bonds is 5. The Hall–Kier alpha value is -0.570. The molecule has 1 unspecified atom stereocenters. The largest absolute Gasteiger partial charge is 0.481 e. The second kappa shape index (κ2) is 5.38. The van der Waals surface area contributed by atoms with Gasteiger partial charge in [-0.15, -0.1) is 0 Å². The van der Waals surface area contributed by atoms with Gasteiger partial charge in [-0.25, -0.2) is 0 Å². The van der Waals surface area contributed by atoms with Gasteiger partial charge in [0.1, 0.15) is 0 Å². The lowest BCUT2D eigenvalue weighted by Gasteiger charge is -2.41. The van der Waals surface area contributed by atoms with E-state index in [1.165, 1.54) is 12.8 Å². The molecule has 0 aromatic rings. The monoisotopic (exact) mass is 241 g/mol. The second-order valence-electron chi connectivity index (χ2n) is 6.59. The molecule has 1 atom stereocenters. The quantitative estimate of drug-likeness (QED) is 0.804. The summed E-state index contributed by atoms with van der Waals surface area (Å²) in [5.74, 6) is -0.650. The molecule has 1 fully saturated rings. The van der Waals surface area contributed by atoms with Crippen LogP contribution in [0.1, 0.15) is 53.4 Å². The zero-order valence-corrected chi connectivity index (χ0v) is 11.8. The highest BCUT2D eigenvalue weighted by Crippen LogP contribution is 2.32. The van der Waals surface area contributed by atoms with Crippen LogP contribution in [0.2, 0.25) is 0 Å². The molecule has 1 heterocycles. The lowest BCUT2D eigenvalue weighted by atomic mass is 9.81. The predicted molar refractivity (Wildman–Crippen MR) is 70.1 cm³/mol. The standard InChI is InChI=1S/C14H27NO2/c1-5-7-14(4,12(16)17)11-15-9-6-8-13(2,3)10-15/h5-11H2,1-4H3,(H,16,17). The molecule has 100 valence electrons. The summed E-state index contributed by atoms with van der Waals surface area (Å²) in [6.45, 7) is 11.3. The van der Waals surface area contributed by atoms with Crippen LogP contribution in [0.15, 0.2) is 0 Å². The molecule has 0 amide bonds.